The van der Waals surface area contributed by atoms with Crippen LogP contribution < -0.4 is 16.2 Å². The van der Waals surface area contributed by atoms with Crippen LogP contribution in [0.2, 0.25) is 0 Å². The number of hydrogen-bond donors (Lipinski definition) is 3. The molecule has 1 fully saturated rings. The molecular weight excluding hydrogens is 360 g/mol. The van der Waals surface area contributed by atoms with E-state index in [-0.39, 0.29) is 5.57 Å². The first-order valence-corrected chi connectivity index (χ1v) is 8.59. The minimum Gasteiger partial charge on any atom is -0.479 e. The molecule has 2 heterocycles. The summed E-state index contributed by atoms with van der Waals surface area (Å²) >= 11 is 1.10. The summed E-state index contributed by atoms with van der Waals surface area (Å²) in [7, 11) is 0. The maximum absolute atomic E-state index is 12.7. The van der Waals surface area contributed by atoms with Gasteiger partial charge in [0.2, 0.25) is 11.8 Å². The van der Waals surface area contributed by atoms with Crippen LogP contribution in [-0.2, 0) is 19.2 Å². The number of thioether (sulfide) groups is 1. The van der Waals surface area contributed by atoms with Gasteiger partial charge in [0.1, 0.15) is 11.4 Å². The molecule has 0 radical (unpaired) electrons. The third-order valence-corrected chi connectivity index (χ3v) is 5.25. The predicted octanol–water partition coefficient (Wildman–Crippen LogP) is -0.350. The molecule has 9 nitrogen and oxygen atoms in total. The summed E-state index contributed by atoms with van der Waals surface area (Å²) in [6.45, 7) is 1.27. The van der Waals surface area contributed by atoms with E-state index in [1.807, 2.05) is 0 Å². The lowest BCUT2D eigenvalue weighted by molar-refractivity contribution is -0.160. The van der Waals surface area contributed by atoms with Crippen LogP contribution >= 0.6 is 11.8 Å². The molecule has 1 aromatic carbocycles. The number of nitrogens with two attached hydrogens (primary N) is 1. The van der Waals surface area contributed by atoms with E-state index < -0.39 is 41.1 Å². The van der Waals surface area contributed by atoms with E-state index in [0.29, 0.717) is 5.69 Å². The van der Waals surface area contributed by atoms with E-state index in [4.69, 9.17) is 5.84 Å². The Kier molecular flexibility index (Phi) is 4.70. The van der Waals surface area contributed by atoms with Crippen molar-refractivity contribution in [1.82, 2.24) is 10.2 Å². The monoisotopic (exact) mass is 376 g/mol. The number of hydrogen-bond acceptors (Lipinski definition) is 6. The van der Waals surface area contributed by atoms with Gasteiger partial charge in [0.05, 0.1) is 11.3 Å². The highest BCUT2D eigenvalue weighted by atomic mass is 32.2. The van der Waals surface area contributed by atoms with Crippen LogP contribution in [0.25, 0.3) is 0 Å². The number of benzene rings is 1. The molecule has 2 aliphatic heterocycles. The minimum absolute atomic E-state index is 0.111. The molecule has 4 N–H and O–H groups in total. The van der Waals surface area contributed by atoms with Gasteiger partial charge in [-0.2, -0.15) is 0 Å². The Balaban J connectivity index is 1.88. The molecule has 2 unspecified atom stereocenters. The fourth-order valence-electron chi connectivity index (χ4n) is 2.88. The first-order valence-electron chi connectivity index (χ1n) is 7.64. The number of carbonyl (C=O) groups is 4. The second-order valence-corrected chi connectivity index (χ2v) is 6.77. The van der Waals surface area contributed by atoms with Crippen LogP contribution in [0.15, 0.2) is 41.3 Å². The SMILES string of the molecule is CC(=O)NC1C(=O)N2C(C(=O)O)C(C(=O)N(N)c3ccccc3)=CS[C@H]12. The van der Waals surface area contributed by atoms with E-state index in [2.05, 4.69) is 5.32 Å². The van der Waals surface area contributed by atoms with Gasteiger partial charge in [-0.3, -0.25) is 14.4 Å². The minimum atomic E-state index is -1.46. The molecule has 0 aliphatic carbocycles. The average molecular weight is 376 g/mol. The van der Waals surface area contributed by atoms with Crippen LogP contribution in [0, 0.1) is 0 Å². The van der Waals surface area contributed by atoms with Gasteiger partial charge in [-0.05, 0) is 17.5 Å². The lowest BCUT2D eigenvalue weighted by Gasteiger charge is -2.51. The van der Waals surface area contributed by atoms with Gasteiger partial charge in [-0.1, -0.05) is 18.2 Å². The maximum Gasteiger partial charge on any atom is 0.331 e. The molecule has 0 spiro atoms. The molecule has 3 rings (SSSR count). The Bertz CT molecular complexity index is 812. The van der Waals surface area contributed by atoms with E-state index >= 15 is 0 Å². The Hall–Kier alpha value is -2.85. The molecule has 3 amide bonds. The number of aliphatic carboxylic acids is 1. The summed E-state index contributed by atoms with van der Waals surface area (Å²) in [5.41, 5.74) is 0.278. The first kappa shape index (κ1) is 18.0. The summed E-state index contributed by atoms with van der Waals surface area (Å²) in [6, 6.07) is 6.07. The topological polar surface area (TPSA) is 133 Å². The van der Waals surface area contributed by atoms with Crippen LogP contribution in [0.5, 0.6) is 0 Å². The quantitative estimate of drug-likeness (QED) is 0.283. The highest BCUT2D eigenvalue weighted by Crippen LogP contribution is 2.40. The van der Waals surface area contributed by atoms with E-state index in [9.17, 15) is 24.3 Å². The van der Waals surface area contributed by atoms with Crippen LogP contribution in [-0.4, -0.2) is 51.2 Å². The Labute approximate surface area is 152 Å². The van der Waals surface area contributed by atoms with Crippen molar-refractivity contribution in [3.8, 4) is 0 Å². The van der Waals surface area contributed by atoms with E-state index in [0.717, 1.165) is 21.7 Å². The van der Waals surface area contributed by atoms with Crippen molar-refractivity contribution in [3.05, 3.63) is 41.3 Å². The molecular formula is C16H16N4O5S. The van der Waals surface area contributed by atoms with Crippen molar-refractivity contribution >= 4 is 41.1 Å². The van der Waals surface area contributed by atoms with Crippen molar-refractivity contribution < 1.29 is 24.3 Å². The molecule has 3 atom stereocenters. The normalized spacial score (nSPS) is 24.1. The third-order valence-electron chi connectivity index (χ3n) is 4.08. The second kappa shape index (κ2) is 6.81. The van der Waals surface area contributed by atoms with E-state index in [1.165, 1.54) is 12.3 Å². The van der Waals surface area contributed by atoms with Gasteiger partial charge < -0.3 is 15.3 Å². The number of nitrogens with one attached hydrogen (secondary N) is 1. The fraction of sp³-hybridized carbons (Fsp3) is 0.250. The van der Waals surface area contributed by atoms with Crippen LogP contribution in [0.1, 0.15) is 6.92 Å². The number of fused-ring (bicyclic) bond motifs is 1. The number of carboxylic acid groups (broad SMARTS) is 1. The van der Waals surface area contributed by atoms with Crippen molar-refractivity contribution in [2.24, 2.45) is 5.84 Å². The number of carboxylic acids is 1. The standard InChI is InChI=1S/C16H16N4O5S/c1-8(21)18-11-14(23)19-12(16(24)25)10(7-26-15(11)19)13(22)20(17)9-5-3-2-4-6-9/h2-7,11-12,15H,17H2,1H3,(H,18,21)(H,24,25)/t11?,12?,15-/m1/s1. The molecule has 26 heavy (non-hydrogen) atoms. The number of hydrazine groups is 1. The third kappa shape index (κ3) is 2.93. The fourth-order valence-corrected chi connectivity index (χ4v) is 4.09. The summed E-state index contributed by atoms with van der Waals surface area (Å²) < 4.78 is 0. The van der Waals surface area contributed by atoms with Gasteiger partial charge in [0.15, 0.2) is 6.04 Å². The zero-order chi connectivity index (χ0) is 19.0. The molecule has 2 aliphatic rings. The first-order chi connectivity index (χ1) is 12.3. The lowest BCUT2D eigenvalue weighted by atomic mass is 9.97. The summed E-state index contributed by atoms with van der Waals surface area (Å²) in [4.78, 5) is 49.0. The number of amides is 3. The van der Waals surface area contributed by atoms with Crippen LogP contribution in [0.3, 0.4) is 0 Å². The maximum atomic E-state index is 12.7. The molecule has 10 heteroatoms. The molecule has 0 saturated carbocycles. The van der Waals surface area contributed by atoms with Crippen molar-refractivity contribution in [2.75, 3.05) is 5.01 Å². The number of β-lactam (4-membered cyclic amide) rings is 1. The Morgan fingerprint density at radius 1 is 1.27 bits per heavy atom. The van der Waals surface area contributed by atoms with Gasteiger partial charge in [-0.25, -0.2) is 15.6 Å². The average Bonchev–Trinajstić information content (AvgIpc) is 2.64. The number of nitrogens with zero attached hydrogens (tertiary/aromatic N) is 2. The molecule has 136 valence electrons. The predicted molar refractivity (Wildman–Crippen MR) is 93.5 cm³/mol. The van der Waals surface area contributed by atoms with Gasteiger partial charge >= 0.3 is 5.97 Å². The summed E-state index contributed by atoms with van der Waals surface area (Å²) in [5.74, 6) is 2.84. The smallest absolute Gasteiger partial charge is 0.331 e. The number of rotatable bonds is 4. The van der Waals surface area contributed by atoms with Crippen LogP contribution in [0.4, 0.5) is 5.69 Å². The van der Waals surface area contributed by atoms with Crippen molar-refractivity contribution in [3.63, 3.8) is 0 Å². The number of anilines is 1. The zero-order valence-corrected chi connectivity index (χ0v) is 14.5. The largest absolute Gasteiger partial charge is 0.479 e. The highest BCUT2D eigenvalue weighted by Gasteiger charge is 2.56. The number of carbonyl (C=O) groups excluding carboxylic acids is 3. The lowest BCUT2D eigenvalue weighted by Crippen LogP contribution is -2.74. The molecule has 0 bridgehead atoms. The molecule has 1 saturated heterocycles. The summed E-state index contributed by atoms with van der Waals surface area (Å²) in [6.07, 6.45) is 0. The Morgan fingerprint density at radius 2 is 1.92 bits per heavy atom. The number of para-hydroxylation sites is 1. The van der Waals surface area contributed by atoms with E-state index in [1.54, 1.807) is 30.3 Å². The highest BCUT2D eigenvalue weighted by molar-refractivity contribution is 8.03. The van der Waals surface area contributed by atoms with Gasteiger partial charge in [-0.15, -0.1) is 11.8 Å². The molecule has 0 aromatic heterocycles. The second-order valence-electron chi connectivity index (χ2n) is 5.78. The Morgan fingerprint density at radius 3 is 2.50 bits per heavy atom. The zero-order valence-electron chi connectivity index (χ0n) is 13.7. The van der Waals surface area contributed by atoms with Crippen molar-refractivity contribution in [1.29, 1.82) is 0 Å². The van der Waals surface area contributed by atoms with Gasteiger partial charge in [0.25, 0.3) is 5.91 Å². The van der Waals surface area contributed by atoms with Crippen molar-refractivity contribution in [2.45, 2.75) is 24.4 Å². The van der Waals surface area contributed by atoms with Gasteiger partial charge in [0, 0.05) is 6.92 Å². The summed E-state index contributed by atoms with van der Waals surface area (Å²) in [5, 5.41) is 13.7. The molecule has 1 aromatic rings.